The molecule has 2 heterocycles. The molecule has 0 saturated carbocycles. The third kappa shape index (κ3) is 8.87. The number of benzene rings is 1. The van der Waals surface area contributed by atoms with E-state index in [0.29, 0.717) is 24.2 Å². The van der Waals surface area contributed by atoms with Gasteiger partial charge in [-0.3, -0.25) is 23.9 Å². The number of aromatic nitrogens is 2. The van der Waals surface area contributed by atoms with Crippen molar-refractivity contribution >= 4 is 23.5 Å². The molecule has 3 unspecified atom stereocenters. The van der Waals surface area contributed by atoms with Crippen LogP contribution in [-0.2, 0) is 19.1 Å². The first-order valence-corrected chi connectivity index (χ1v) is 12.3. The smallest absolute Gasteiger partial charge is 0.356 e. The number of ether oxygens (including phenoxy) is 1. The van der Waals surface area contributed by atoms with Crippen LogP contribution in [0, 0.1) is 17.7 Å². The SMILES string of the molecule is CC(C)CC(NC(=O)c1ncc(-c2cccc(F)c2)[nH]1)C(=O)NC(CC1CCNC1=O)C(=O)COC(F)(F)F. The van der Waals surface area contributed by atoms with Gasteiger partial charge in [-0.2, -0.15) is 0 Å². The molecule has 1 fully saturated rings. The van der Waals surface area contributed by atoms with Crippen LogP contribution >= 0.6 is 0 Å². The van der Waals surface area contributed by atoms with Crippen LogP contribution in [0.1, 0.15) is 43.7 Å². The lowest BCUT2D eigenvalue weighted by atomic mass is 9.95. The van der Waals surface area contributed by atoms with Crippen LogP contribution in [0.15, 0.2) is 30.5 Å². The summed E-state index contributed by atoms with van der Waals surface area (Å²) < 4.78 is 54.7. The van der Waals surface area contributed by atoms with Crippen LogP contribution < -0.4 is 16.0 Å². The molecule has 14 heteroatoms. The average molecular weight is 556 g/mol. The van der Waals surface area contributed by atoms with Gasteiger partial charge in [-0.15, -0.1) is 13.2 Å². The summed E-state index contributed by atoms with van der Waals surface area (Å²) in [5.41, 5.74) is 0.797. The number of nitrogens with one attached hydrogen (secondary N) is 4. The molecule has 2 aromatic rings. The van der Waals surface area contributed by atoms with Crippen LogP contribution in [0.3, 0.4) is 0 Å². The fourth-order valence-electron chi connectivity index (χ4n) is 4.12. The Kier molecular flexibility index (Phi) is 9.78. The summed E-state index contributed by atoms with van der Waals surface area (Å²) in [6, 6.07) is 2.96. The number of Topliss-reactive ketones (excluding diaryl/α,β-unsaturated/α-hetero) is 1. The fourth-order valence-corrected chi connectivity index (χ4v) is 4.12. The largest absolute Gasteiger partial charge is 0.522 e. The molecule has 39 heavy (non-hydrogen) atoms. The predicted octanol–water partition coefficient (Wildman–Crippen LogP) is 2.48. The molecule has 4 N–H and O–H groups in total. The van der Waals surface area contributed by atoms with E-state index in [1.54, 1.807) is 19.9 Å². The molecule has 1 aliphatic rings. The van der Waals surface area contributed by atoms with Crippen LogP contribution in [0.2, 0.25) is 0 Å². The highest BCUT2D eigenvalue weighted by molar-refractivity contribution is 5.97. The van der Waals surface area contributed by atoms with Crippen molar-refractivity contribution in [2.24, 2.45) is 11.8 Å². The van der Waals surface area contributed by atoms with E-state index in [2.05, 4.69) is 30.7 Å². The van der Waals surface area contributed by atoms with Gasteiger partial charge in [0.1, 0.15) is 18.5 Å². The highest BCUT2D eigenvalue weighted by atomic mass is 19.4. The summed E-state index contributed by atoms with van der Waals surface area (Å²) in [5.74, 6) is -4.48. The van der Waals surface area contributed by atoms with Crippen molar-refractivity contribution < 1.29 is 41.5 Å². The first-order valence-electron chi connectivity index (χ1n) is 12.3. The molecule has 1 aromatic heterocycles. The third-order valence-electron chi connectivity index (χ3n) is 6.02. The number of hydrogen-bond acceptors (Lipinski definition) is 6. The number of hydrogen-bond donors (Lipinski definition) is 4. The lowest BCUT2D eigenvalue weighted by molar-refractivity contribution is -0.321. The van der Waals surface area contributed by atoms with E-state index in [0.717, 1.165) is 0 Å². The second-order valence-corrected chi connectivity index (χ2v) is 9.59. The monoisotopic (exact) mass is 555 g/mol. The maximum absolute atomic E-state index is 13.5. The summed E-state index contributed by atoms with van der Waals surface area (Å²) in [7, 11) is 0. The van der Waals surface area contributed by atoms with Crippen molar-refractivity contribution in [2.45, 2.75) is 51.6 Å². The molecule has 0 aliphatic carbocycles. The molecule has 3 amide bonds. The van der Waals surface area contributed by atoms with Gasteiger partial charge in [0.25, 0.3) is 5.91 Å². The van der Waals surface area contributed by atoms with Gasteiger partial charge in [0.05, 0.1) is 17.9 Å². The van der Waals surface area contributed by atoms with Crippen molar-refractivity contribution in [1.29, 1.82) is 0 Å². The van der Waals surface area contributed by atoms with Crippen LogP contribution in [-0.4, -0.2) is 65.1 Å². The van der Waals surface area contributed by atoms with Crippen molar-refractivity contribution in [3.63, 3.8) is 0 Å². The standard InChI is InChI=1S/C25H29F4N5O5/c1-13(2)8-18(34-24(38)21-31-11-19(32-21)14-4-3-5-16(26)9-14)23(37)33-17(10-15-6-7-30-22(15)36)20(35)12-39-25(27,28)29/h3-5,9,11,13,15,17-18H,6-8,10,12H2,1-2H3,(H,30,36)(H,31,32)(H,33,37)(H,34,38). The summed E-state index contributed by atoms with van der Waals surface area (Å²) >= 11 is 0. The molecule has 1 aliphatic heterocycles. The summed E-state index contributed by atoms with van der Waals surface area (Å²) in [6.07, 6.45) is -3.50. The first kappa shape index (κ1) is 29.7. The number of aromatic amines is 1. The van der Waals surface area contributed by atoms with Crippen molar-refractivity contribution in [3.8, 4) is 11.3 Å². The number of alkyl halides is 3. The minimum absolute atomic E-state index is 0.108. The number of nitrogens with zero attached hydrogens (tertiary/aromatic N) is 1. The van der Waals surface area contributed by atoms with Gasteiger partial charge in [-0.25, -0.2) is 9.37 Å². The van der Waals surface area contributed by atoms with Gasteiger partial charge in [0.2, 0.25) is 11.8 Å². The Hall–Kier alpha value is -3.81. The second kappa shape index (κ2) is 12.8. The second-order valence-electron chi connectivity index (χ2n) is 9.59. The molecule has 0 spiro atoms. The number of halogens is 4. The summed E-state index contributed by atoms with van der Waals surface area (Å²) in [6.45, 7) is 2.55. The Morgan fingerprint density at radius 1 is 1.18 bits per heavy atom. The molecule has 1 aromatic carbocycles. The van der Waals surface area contributed by atoms with Gasteiger partial charge in [0, 0.05) is 18.0 Å². The molecule has 0 bridgehead atoms. The summed E-state index contributed by atoms with van der Waals surface area (Å²) in [5, 5.41) is 7.49. The Morgan fingerprint density at radius 2 is 1.92 bits per heavy atom. The van der Waals surface area contributed by atoms with Crippen LogP contribution in [0.25, 0.3) is 11.3 Å². The lowest BCUT2D eigenvalue weighted by Gasteiger charge is -2.25. The van der Waals surface area contributed by atoms with E-state index in [-0.39, 0.29) is 30.5 Å². The molecular weight excluding hydrogens is 526 g/mol. The number of rotatable bonds is 12. The highest BCUT2D eigenvalue weighted by Crippen LogP contribution is 2.21. The Morgan fingerprint density at radius 3 is 2.54 bits per heavy atom. The molecule has 0 radical (unpaired) electrons. The molecule has 3 atom stereocenters. The van der Waals surface area contributed by atoms with E-state index in [9.17, 15) is 36.7 Å². The van der Waals surface area contributed by atoms with Crippen LogP contribution in [0.5, 0.6) is 0 Å². The van der Waals surface area contributed by atoms with E-state index in [1.165, 1.54) is 24.4 Å². The van der Waals surface area contributed by atoms with Gasteiger partial charge in [-0.1, -0.05) is 26.0 Å². The van der Waals surface area contributed by atoms with Crippen molar-refractivity contribution in [1.82, 2.24) is 25.9 Å². The zero-order valence-corrected chi connectivity index (χ0v) is 21.2. The van der Waals surface area contributed by atoms with Gasteiger partial charge >= 0.3 is 6.36 Å². The number of amides is 3. The maximum Gasteiger partial charge on any atom is 0.522 e. The predicted molar refractivity (Wildman–Crippen MR) is 129 cm³/mol. The maximum atomic E-state index is 13.5. The fraction of sp³-hybridized carbons (Fsp3) is 0.480. The molecule has 1 saturated heterocycles. The Bertz CT molecular complexity index is 1200. The lowest BCUT2D eigenvalue weighted by Crippen LogP contribution is -2.53. The van der Waals surface area contributed by atoms with Crippen LogP contribution in [0.4, 0.5) is 17.6 Å². The number of carbonyl (C=O) groups excluding carboxylic acids is 4. The van der Waals surface area contributed by atoms with Gasteiger partial charge in [-0.05, 0) is 37.3 Å². The normalized spacial score (nSPS) is 17.0. The molecular formula is C25H29F4N5O5. The summed E-state index contributed by atoms with van der Waals surface area (Å²) in [4.78, 5) is 57.4. The zero-order valence-electron chi connectivity index (χ0n) is 21.2. The van der Waals surface area contributed by atoms with E-state index >= 15 is 0 Å². The van der Waals surface area contributed by atoms with Crippen molar-refractivity contribution in [3.05, 3.63) is 42.1 Å². The topological polar surface area (TPSA) is 142 Å². The Balaban J connectivity index is 1.74. The molecule has 10 nitrogen and oxygen atoms in total. The number of H-pyrrole nitrogens is 1. The molecule has 212 valence electrons. The Labute approximate surface area is 221 Å². The van der Waals surface area contributed by atoms with Gasteiger partial charge in [0.15, 0.2) is 11.6 Å². The third-order valence-corrected chi connectivity index (χ3v) is 6.02. The highest BCUT2D eigenvalue weighted by Gasteiger charge is 2.36. The molecule has 3 rings (SSSR count). The number of imidazole rings is 1. The minimum Gasteiger partial charge on any atom is -0.356 e. The average Bonchev–Trinajstić information content (AvgIpc) is 3.50. The number of ketones is 1. The minimum atomic E-state index is -5.06. The van der Waals surface area contributed by atoms with Gasteiger partial charge < -0.3 is 20.9 Å². The quantitative estimate of drug-likeness (QED) is 0.297. The van der Waals surface area contributed by atoms with E-state index < -0.39 is 54.4 Å². The first-order chi connectivity index (χ1) is 18.3. The number of carbonyl (C=O) groups is 4. The zero-order chi connectivity index (χ0) is 28.7. The van der Waals surface area contributed by atoms with Crippen molar-refractivity contribution in [2.75, 3.05) is 13.2 Å². The van der Waals surface area contributed by atoms with E-state index in [1.807, 2.05) is 0 Å². The van der Waals surface area contributed by atoms with E-state index in [4.69, 9.17) is 0 Å².